The third-order valence-electron chi connectivity index (χ3n) is 3.38. The van der Waals surface area contributed by atoms with E-state index in [0.717, 1.165) is 31.5 Å². The van der Waals surface area contributed by atoms with Gasteiger partial charge < -0.3 is 9.64 Å². The first-order chi connectivity index (χ1) is 9.74. The molecule has 0 spiro atoms. The molecule has 3 heterocycles. The van der Waals surface area contributed by atoms with E-state index in [9.17, 15) is 0 Å². The quantitative estimate of drug-likeness (QED) is 0.732. The lowest BCUT2D eigenvalue weighted by Crippen LogP contribution is -2.36. The van der Waals surface area contributed by atoms with Crippen LogP contribution in [0.5, 0.6) is 0 Å². The number of nitrogens with zero attached hydrogens (tertiary/aromatic N) is 5. The van der Waals surface area contributed by atoms with Crippen molar-refractivity contribution in [1.29, 1.82) is 0 Å². The molecule has 1 aliphatic heterocycles. The molecule has 2 aromatic heterocycles. The molecule has 1 saturated heterocycles. The van der Waals surface area contributed by atoms with Crippen LogP contribution in [0.2, 0.25) is 0 Å². The Morgan fingerprint density at radius 2 is 2.22 bits per heavy atom. The Hall–Kier alpha value is -1.69. The van der Waals surface area contributed by atoms with Crippen LogP contribution in [0.3, 0.4) is 0 Å². The van der Waals surface area contributed by atoms with E-state index in [1.54, 1.807) is 0 Å². The van der Waals surface area contributed by atoms with Gasteiger partial charge in [-0.25, -0.2) is 9.50 Å². The molecule has 0 N–H and O–H groups in total. The van der Waals surface area contributed by atoms with Crippen LogP contribution in [0.15, 0.2) is 6.17 Å². The molecule has 1 unspecified atom stereocenters. The van der Waals surface area contributed by atoms with E-state index >= 15 is 0 Å². The molecule has 6 nitrogen and oxygen atoms in total. The summed E-state index contributed by atoms with van der Waals surface area (Å²) in [5.74, 6) is 1.02. The highest BCUT2D eigenvalue weighted by atomic mass is 16.5. The zero-order valence-corrected chi connectivity index (χ0v) is 9.96. The lowest BCUT2D eigenvalue weighted by molar-refractivity contribution is 0.122. The third-order valence-corrected chi connectivity index (χ3v) is 3.38. The van der Waals surface area contributed by atoms with E-state index in [-0.39, 0.29) is 6.40 Å². The second-order valence-corrected chi connectivity index (χ2v) is 4.55. The van der Waals surface area contributed by atoms with Gasteiger partial charge in [-0.05, 0) is 24.8 Å². The summed E-state index contributed by atoms with van der Waals surface area (Å²) in [5, 5.41) is 4.40. The van der Waals surface area contributed by atoms with Crippen molar-refractivity contribution in [3.8, 4) is 0 Å². The lowest BCUT2D eigenvalue weighted by atomic mass is 10.3. The van der Waals surface area contributed by atoms with Gasteiger partial charge >= 0.3 is 0 Å². The van der Waals surface area contributed by atoms with Crippen molar-refractivity contribution in [2.24, 2.45) is 0 Å². The number of fused-ring (bicyclic) bond motifs is 2. The SMILES string of the molecule is [2H]c1c2c(nc3nc(N4CCOCC4)nn13)C([2H])CC2. The highest BCUT2D eigenvalue weighted by Crippen LogP contribution is 2.21. The molecule has 2 aromatic rings. The smallest absolute Gasteiger partial charge is 0.254 e. The molecule has 0 amide bonds. The fourth-order valence-electron chi connectivity index (χ4n) is 2.40. The fourth-order valence-corrected chi connectivity index (χ4v) is 2.40. The molecule has 4 rings (SSSR count). The van der Waals surface area contributed by atoms with E-state index in [4.69, 9.17) is 7.48 Å². The number of hydrogen-bond acceptors (Lipinski definition) is 5. The zero-order valence-electron chi connectivity index (χ0n) is 12.0. The first-order valence-corrected chi connectivity index (χ1v) is 6.25. The van der Waals surface area contributed by atoms with E-state index in [2.05, 4.69) is 15.1 Å². The molecule has 0 radical (unpaired) electrons. The predicted octanol–water partition coefficient (Wildman–Crippen LogP) is 0.450. The van der Waals surface area contributed by atoms with Gasteiger partial charge in [0.05, 0.1) is 14.6 Å². The molecular weight excluding hydrogens is 230 g/mol. The number of aryl methyl sites for hydroxylation is 1. The van der Waals surface area contributed by atoms with Gasteiger partial charge in [0, 0.05) is 26.3 Å². The maximum absolute atomic E-state index is 8.23. The Balaban J connectivity index is 1.81. The van der Waals surface area contributed by atoms with Gasteiger partial charge in [0.15, 0.2) is 0 Å². The van der Waals surface area contributed by atoms with Crippen molar-refractivity contribution >= 4 is 11.7 Å². The maximum atomic E-state index is 8.23. The third kappa shape index (κ3) is 1.56. The van der Waals surface area contributed by atoms with Crippen LogP contribution in [-0.2, 0) is 17.6 Å². The van der Waals surface area contributed by atoms with Crippen LogP contribution >= 0.6 is 0 Å². The van der Waals surface area contributed by atoms with Crippen molar-refractivity contribution in [2.75, 3.05) is 31.2 Å². The number of rotatable bonds is 1. The van der Waals surface area contributed by atoms with Gasteiger partial charge in [0.25, 0.3) is 5.78 Å². The van der Waals surface area contributed by atoms with Crippen LogP contribution in [0.4, 0.5) is 5.95 Å². The van der Waals surface area contributed by atoms with Crippen LogP contribution in [0.1, 0.15) is 20.4 Å². The van der Waals surface area contributed by atoms with Crippen molar-refractivity contribution in [2.45, 2.75) is 19.2 Å². The normalized spacial score (nSPS) is 25.1. The molecule has 94 valence electrons. The first kappa shape index (κ1) is 8.42. The van der Waals surface area contributed by atoms with E-state index in [1.807, 2.05) is 4.90 Å². The van der Waals surface area contributed by atoms with Crippen molar-refractivity contribution in [3.05, 3.63) is 17.4 Å². The highest BCUT2D eigenvalue weighted by Gasteiger charge is 2.19. The monoisotopic (exact) mass is 247 g/mol. The van der Waals surface area contributed by atoms with Gasteiger partial charge in [-0.3, -0.25) is 0 Å². The molecule has 2 aliphatic rings. The number of ether oxygens (including phenoxy) is 1. The van der Waals surface area contributed by atoms with Gasteiger partial charge in [-0.15, -0.1) is 5.10 Å². The molecule has 0 bridgehead atoms. The molecule has 1 atom stereocenters. The van der Waals surface area contributed by atoms with E-state index in [1.165, 1.54) is 4.52 Å². The minimum Gasteiger partial charge on any atom is -0.378 e. The maximum Gasteiger partial charge on any atom is 0.254 e. The van der Waals surface area contributed by atoms with Crippen LogP contribution in [-0.4, -0.2) is 45.9 Å². The molecule has 1 aliphatic carbocycles. The van der Waals surface area contributed by atoms with E-state index < -0.39 is 0 Å². The summed E-state index contributed by atoms with van der Waals surface area (Å²) in [6.45, 7) is 2.85. The Labute approximate surface area is 107 Å². The van der Waals surface area contributed by atoms with Crippen LogP contribution in [0.25, 0.3) is 5.78 Å². The van der Waals surface area contributed by atoms with Crippen molar-refractivity contribution < 1.29 is 7.48 Å². The largest absolute Gasteiger partial charge is 0.378 e. The number of hydrogen-bond donors (Lipinski definition) is 0. The number of anilines is 1. The molecule has 0 saturated carbocycles. The van der Waals surface area contributed by atoms with Gasteiger partial charge in [0.2, 0.25) is 5.95 Å². The Kier molecular flexibility index (Phi) is 1.83. The average molecular weight is 247 g/mol. The van der Waals surface area contributed by atoms with Gasteiger partial charge in [-0.2, -0.15) is 4.98 Å². The molecule has 1 fully saturated rings. The second kappa shape index (κ2) is 3.91. The van der Waals surface area contributed by atoms with Crippen molar-refractivity contribution in [1.82, 2.24) is 19.6 Å². The summed E-state index contributed by atoms with van der Waals surface area (Å²) in [7, 11) is 0. The van der Waals surface area contributed by atoms with E-state index in [0.29, 0.717) is 36.8 Å². The first-order valence-electron chi connectivity index (χ1n) is 7.33. The standard InChI is InChI=1S/C12H15N5O/c1-2-9-8-17-11(13-10(9)3-1)14-12(15-17)16-4-6-18-7-5-16/h8H,1-7H2/i3D,8D. The summed E-state index contributed by atoms with van der Waals surface area (Å²) < 4.78 is 23.0. The summed E-state index contributed by atoms with van der Waals surface area (Å²) in [5.41, 5.74) is 1.54. The highest BCUT2D eigenvalue weighted by molar-refractivity contribution is 5.42. The Morgan fingerprint density at radius 3 is 3.11 bits per heavy atom. The molecule has 6 heteroatoms. The lowest BCUT2D eigenvalue weighted by Gasteiger charge is -2.25. The molecular formula is C12H15N5O. The number of aromatic nitrogens is 4. The summed E-state index contributed by atoms with van der Waals surface area (Å²) >= 11 is 0. The van der Waals surface area contributed by atoms with Crippen molar-refractivity contribution in [3.63, 3.8) is 0 Å². The summed E-state index contributed by atoms with van der Waals surface area (Å²) in [6.07, 6.45) is 1.46. The van der Waals surface area contributed by atoms with Crippen LogP contribution in [0, 0.1) is 0 Å². The fraction of sp³-hybridized carbons (Fsp3) is 0.583. The minimum atomic E-state index is -0.331. The average Bonchev–Trinajstić information content (AvgIpc) is 3.06. The zero-order chi connectivity index (χ0) is 13.7. The molecule has 18 heavy (non-hydrogen) atoms. The van der Waals surface area contributed by atoms with Gasteiger partial charge in [0.1, 0.15) is 0 Å². The topological polar surface area (TPSA) is 55.5 Å². The van der Waals surface area contributed by atoms with Gasteiger partial charge in [-0.1, -0.05) is 0 Å². The molecule has 0 aromatic carbocycles. The number of morpholine rings is 1. The summed E-state index contributed by atoms with van der Waals surface area (Å²) in [4.78, 5) is 10.9. The second-order valence-electron chi connectivity index (χ2n) is 4.55. The Bertz CT molecular complexity index is 667. The van der Waals surface area contributed by atoms with Crippen LogP contribution < -0.4 is 4.90 Å². The predicted molar refractivity (Wildman–Crippen MR) is 65.8 cm³/mol. The summed E-state index contributed by atoms with van der Waals surface area (Å²) in [6, 6.07) is 0. The Morgan fingerprint density at radius 1 is 1.33 bits per heavy atom. The minimum absolute atomic E-state index is 0.326.